The Bertz CT molecular complexity index is 505. The summed E-state index contributed by atoms with van der Waals surface area (Å²) in [6.45, 7) is 4.10. The maximum atomic E-state index is 4.28. The number of hydrogen-bond donors (Lipinski definition) is 0. The van der Waals surface area contributed by atoms with E-state index in [-0.39, 0.29) is 6.04 Å². The Morgan fingerprint density at radius 1 is 1.35 bits per heavy atom. The summed E-state index contributed by atoms with van der Waals surface area (Å²) >= 11 is 0. The summed E-state index contributed by atoms with van der Waals surface area (Å²) in [4.78, 5) is 10.5. The van der Waals surface area contributed by atoms with E-state index >= 15 is 0 Å². The lowest BCUT2D eigenvalue weighted by Crippen LogP contribution is -2.22. The van der Waals surface area contributed by atoms with Crippen LogP contribution in [0.4, 0.5) is 5.82 Å². The van der Waals surface area contributed by atoms with Gasteiger partial charge in [0, 0.05) is 37.6 Å². The molecule has 0 fully saturated rings. The first kappa shape index (κ1) is 11.6. The van der Waals surface area contributed by atoms with Gasteiger partial charge >= 0.3 is 0 Å². The average Bonchev–Trinajstić information content (AvgIpc) is 2.74. The van der Waals surface area contributed by atoms with E-state index < -0.39 is 0 Å². The number of hydrogen-bond acceptors (Lipinski definition) is 4. The van der Waals surface area contributed by atoms with Gasteiger partial charge in [0.15, 0.2) is 0 Å². The molecule has 0 N–H and O–H groups in total. The Morgan fingerprint density at radius 2 is 2.12 bits per heavy atom. The molecule has 0 aliphatic rings. The van der Waals surface area contributed by atoms with Crippen molar-refractivity contribution in [3.05, 3.63) is 36.0 Å². The molecule has 0 radical (unpaired) electrons. The van der Waals surface area contributed by atoms with Crippen LogP contribution in [0.1, 0.15) is 24.2 Å². The van der Waals surface area contributed by atoms with Crippen LogP contribution in [0.3, 0.4) is 0 Å². The number of anilines is 1. The molecular weight excluding hydrogens is 214 g/mol. The Morgan fingerprint density at radius 3 is 2.71 bits per heavy atom. The summed E-state index contributed by atoms with van der Waals surface area (Å²) in [5.74, 6) is 0.925. The van der Waals surface area contributed by atoms with Crippen molar-refractivity contribution >= 4 is 5.82 Å². The van der Waals surface area contributed by atoms with Crippen molar-refractivity contribution < 1.29 is 0 Å². The summed E-state index contributed by atoms with van der Waals surface area (Å²) in [5, 5.41) is 4.19. The lowest BCUT2D eigenvalue weighted by molar-refractivity contribution is 0.721. The van der Waals surface area contributed by atoms with Crippen molar-refractivity contribution in [2.24, 2.45) is 7.05 Å². The van der Waals surface area contributed by atoms with E-state index in [9.17, 15) is 0 Å². The summed E-state index contributed by atoms with van der Waals surface area (Å²) in [7, 11) is 3.95. The third-order valence-electron chi connectivity index (χ3n) is 2.94. The predicted molar refractivity (Wildman–Crippen MR) is 66.8 cm³/mol. The van der Waals surface area contributed by atoms with Crippen molar-refractivity contribution in [2.45, 2.75) is 19.9 Å². The van der Waals surface area contributed by atoms with Crippen LogP contribution in [0.15, 0.2) is 24.8 Å². The Labute approximate surface area is 101 Å². The molecule has 17 heavy (non-hydrogen) atoms. The van der Waals surface area contributed by atoms with Crippen molar-refractivity contribution in [3.8, 4) is 0 Å². The zero-order valence-electron chi connectivity index (χ0n) is 10.6. The molecule has 2 aromatic rings. The second-order valence-electron chi connectivity index (χ2n) is 4.25. The van der Waals surface area contributed by atoms with Gasteiger partial charge in [0.1, 0.15) is 12.1 Å². The van der Waals surface area contributed by atoms with Gasteiger partial charge in [0.05, 0.1) is 12.2 Å². The highest BCUT2D eigenvalue weighted by molar-refractivity contribution is 5.40. The van der Waals surface area contributed by atoms with Crippen molar-refractivity contribution in [3.63, 3.8) is 0 Å². The Kier molecular flexibility index (Phi) is 3.08. The molecular formula is C12H17N5. The summed E-state index contributed by atoms with van der Waals surface area (Å²) in [6, 6.07) is 2.21. The quantitative estimate of drug-likeness (QED) is 0.807. The van der Waals surface area contributed by atoms with E-state index in [4.69, 9.17) is 0 Å². The maximum Gasteiger partial charge on any atom is 0.132 e. The van der Waals surface area contributed by atoms with Gasteiger partial charge in [-0.2, -0.15) is 5.10 Å². The Hall–Kier alpha value is -1.91. The second-order valence-corrected chi connectivity index (χ2v) is 4.25. The summed E-state index contributed by atoms with van der Waals surface area (Å²) in [5.41, 5.74) is 2.14. The molecule has 0 saturated carbocycles. The van der Waals surface area contributed by atoms with Gasteiger partial charge in [-0.3, -0.25) is 4.68 Å². The molecule has 5 nitrogen and oxygen atoms in total. The molecule has 2 heterocycles. The molecule has 0 aromatic carbocycles. The monoisotopic (exact) mass is 231 g/mol. The highest BCUT2D eigenvalue weighted by atomic mass is 15.3. The standard InChI is InChI=1S/C12H17N5/c1-9-5-12(14-8-13-9)17(4)10(2)11-6-15-16(3)7-11/h5-8,10H,1-4H3. The molecule has 1 atom stereocenters. The van der Waals surface area contributed by atoms with Crippen LogP contribution in [0.5, 0.6) is 0 Å². The maximum absolute atomic E-state index is 4.28. The smallest absolute Gasteiger partial charge is 0.132 e. The largest absolute Gasteiger partial charge is 0.353 e. The van der Waals surface area contributed by atoms with Crippen LogP contribution < -0.4 is 4.90 Å². The van der Waals surface area contributed by atoms with Crippen LogP contribution in [0.25, 0.3) is 0 Å². The number of aromatic nitrogens is 4. The molecule has 1 unspecified atom stereocenters. The number of nitrogens with zero attached hydrogens (tertiary/aromatic N) is 5. The van der Waals surface area contributed by atoms with Crippen LogP contribution in [-0.2, 0) is 7.05 Å². The molecule has 2 aromatic heterocycles. The summed E-state index contributed by atoms with van der Waals surface area (Å²) < 4.78 is 1.81. The topological polar surface area (TPSA) is 46.8 Å². The van der Waals surface area contributed by atoms with Gasteiger partial charge in [-0.15, -0.1) is 0 Å². The zero-order chi connectivity index (χ0) is 12.4. The molecule has 5 heteroatoms. The number of aryl methyl sites for hydroxylation is 2. The van der Waals surface area contributed by atoms with Gasteiger partial charge in [-0.25, -0.2) is 9.97 Å². The minimum absolute atomic E-state index is 0.234. The molecule has 0 spiro atoms. The minimum atomic E-state index is 0.234. The first-order valence-corrected chi connectivity index (χ1v) is 5.58. The van der Waals surface area contributed by atoms with Gasteiger partial charge in [0.2, 0.25) is 0 Å². The molecule has 0 aliphatic carbocycles. The average molecular weight is 231 g/mol. The van der Waals surface area contributed by atoms with Crippen LogP contribution in [-0.4, -0.2) is 26.8 Å². The highest BCUT2D eigenvalue weighted by Gasteiger charge is 2.14. The fourth-order valence-corrected chi connectivity index (χ4v) is 1.71. The van der Waals surface area contributed by atoms with Gasteiger partial charge in [-0.1, -0.05) is 0 Å². The predicted octanol–water partition coefficient (Wildman–Crippen LogP) is 1.72. The lowest BCUT2D eigenvalue weighted by Gasteiger charge is -2.25. The molecule has 0 bridgehead atoms. The number of rotatable bonds is 3. The second kappa shape index (κ2) is 4.53. The van der Waals surface area contributed by atoms with E-state index in [1.165, 1.54) is 5.56 Å². The van der Waals surface area contributed by atoms with E-state index in [1.807, 2.05) is 44.2 Å². The first-order chi connectivity index (χ1) is 8.08. The van der Waals surface area contributed by atoms with Crippen molar-refractivity contribution in [2.75, 3.05) is 11.9 Å². The fraction of sp³-hybridized carbons (Fsp3) is 0.417. The van der Waals surface area contributed by atoms with Gasteiger partial charge in [-0.05, 0) is 13.8 Å². The van der Waals surface area contributed by atoms with Crippen molar-refractivity contribution in [1.82, 2.24) is 19.7 Å². The first-order valence-electron chi connectivity index (χ1n) is 5.58. The van der Waals surface area contributed by atoms with E-state index in [1.54, 1.807) is 6.33 Å². The van der Waals surface area contributed by atoms with E-state index in [0.717, 1.165) is 11.5 Å². The molecule has 0 saturated heterocycles. The minimum Gasteiger partial charge on any atom is -0.353 e. The Balaban J connectivity index is 2.22. The fourth-order valence-electron chi connectivity index (χ4n) is 1.71. The molecule has 0 amide bonds. The molecule has 90 valence electrons. The molecule has 0 aliphatic heterocycles. The van der Waals surface area contributed by atoms with E-state index in [2.05, 4.69) is 26.9 Å². The SMILES string of the molecule is Cc1cc(N(C)C(C)c2cnn(C)c2)ncn1. The lowest BCUT2D eigenvalue weighted by atomic mass is 10.1. The van der Waals surface area contributed by atoms with E-state index in [0.29, 0.717) is 0 Å². The summed E-state index contributed by atoms with van der Waals surface area (Å²) in [6.07, 6.45) is 5.50. The van der Waals surface area contributed by atoms with Gasteiger partial charge < -0.3 is 4.90 Å². The highest BCUT2D eigenvalue weighted by Crippen LogP contribution is 2.22. The van der Waals surface area contributed by atoms with Crippen LogP contribution in [0, 0.1) is 6.92 Å². The normalized spacial score (nSPS) is 12.5. The third-order valence-corrected chi connectivity index (χ3v) is 2.94. The van der Waals surface area contributed by atoms with Crippen LogP contribution in [0.2, 0.25) is 0 Å². The molecule has 2 rings (SSSR count). The van der Waals surface area contributed by atoms with Gasteiger partial charge in [0.25, 0.3) is 0 Å². The van der Waals surface area contributed by atoms with Crippen molar-refractivity contribution in [1.29, 1.82) is 0 Å². The van der Waals surface area contributed by atoms with Crippen LogP contribution >= 0.6 is 0 Å². The third kappa shape index (κ3) is 2.43. The zero-order valence-corrected chi connectivity index (χ0v) is 10.6.